The summed E-state index contributed by atoms with van der Waals surface area (Å²) in [6, 6.07) is 8.05. The molecule has 0 saturated carbocycles. The predicted molar refractivity (Wildman–Crippen MR) is 133 cm³/mol. The summed E-state index contributed by atoms with van der Waals surface area (Å²) in [5.41, 5.74) is 0.0369. The predicted octanol–water partition coefficient (Wildman–Crippen LogP) is 3.08. The van der Waals surface area contributed by atoms with E-state index in [1.54, 1.807) is 37.6 Å². The minimum absolute atomic E-state index is 0. The van der Waals surface area contributed by atoms with Crippen molar-refractivity contribution in [2.24, 2.45) is 5.92 Å². The van der Waals surface area contributed by atoms with Gasteiger partial charge in [-0.25, -0.2) is 14.7 Å². The van der Waals surface area contributed by atoms with Gasteiger partial charge in [0.1, 0.15) is 11.6 Å². The molecule has 0 bridgehead atoms. The zero-order valence-electron chi connectivity index (χ0n) is 20.2. The van der Waals surface area contributed by atoms with E-state index in [-0.39, 0.29) is 23.7 Å². The van der Waals surface area contributed by atoms with Crippen LogP contribution >= 0.6 is 0 Å². The number of ether oxygens (including phenoxy) is 1. The molecule has 0 aliphatic carbocycles. The number of carbonyl (C=O) groups excluding carboxylic acids is 1. The molecule has 4 rings (SSSR count). The van der Waals surface area contributed by atoms with Crippen molar-refractivity contribution in [2.45, 2.75) is 56.7 Å². The molecule has 9 nitrogen and oxygen atoms in total. The fraction of sp³-hybridized carbons (Fsp3) is 0.542. The van der Waals surface area contributed by atoms with Crippen LogP contribution < -0.4 is 14.5 Å². The van der Waals surface area contributed by atoms with Gasteiger partial charge in [0, 0.05) is 39.9 Å². The summed E-state index contributed by atoms with van der Waals surface area (Å²) in [4.78, 5) is 26.1. The molecule has 0 radical (unpaired) electrons. The van der Waals surface area contributed by atoms with Gasteiger partial charge in [-0.2, -0.15) is 8.42 Å². The second-order valence-electron chi connectivity index (χ2n) is 9.82. The highest BCUT2D eigenvalue weighted by atomic mass is 32.2. The smallest absolute Gasteiger partial charge is 0.281 e. The number of anilines is 2. The zero-order chi connectivity index (χ0) is 24.5. The third-order valence-electron chi connectivity index (χ3n) is 6.61. The van der Waals surface area contributed by atoms with E-state index in [0.29, 0.717) is 24.1 Å². The maximum atomic E-state index is 13.2. The SMILES string of the molecule is COC1CCCN(c2cccc(S(=O)(=O)NC(=O)c3cccnc3N3CC(C)CC3(C)C)n2)C1.[HH]. The lowest BCUT2D eigenvalue weighted by atomic mass is 9.97. The number of hydrogen-bond acceptors (Lipinski definition) is 8. The van der Waals surface area contributed by atoms with Crippen LogP contribution in [0.15, 0.2) is 41.6 Å². The maximum Gasteiger partial charge on any atom is 0.281 e. The molecule has 2 fully saturated rings. The van der Waals surface area contributed by atoms with Gasteiger partial charge in [-0.05, 0) is 63.3 Å². The Morgan fingerprint density at radius 1 is 1.24 bits per heavy atom. The first-order valence-electron chi connectivity index (χ1n) is 11.7. The molecule has 0 spiro atoms. The highest BCUT2D eigenvalue weighted by molar-refractivity contribution is 7.90. The van der Waals surface area contributed by atoms with Crippen molar-refractivity contribution in [1.82, 2.24) is 14.7 Å². The van der Waals surface area contributed by atoms with Gasteiger partial charge in [-0.1, -0.05) is 13.0 Å². The summed E-state index contributed by atoms with van der Waals surface area (Å²) >= 11 is 0. The van der Waals surface area contributed by atoms with Crippen molar-refractivity contribution in [3.63, 3.8) is 0 Å². The number of rotatable bonds is 6. The van der Waals surface area contributed by atoms with E-state index < -0.39 is 15.9 Å². The van der Waals surface area contributed by atoms with E-state index in [9.17, 15) is 13.2 Å². The number of aromatic nitrogens is 2. The van der Waals surface area contributed by atoms with Crippen molar-refractivity contribution >= 4 is 27.6 Å². The van der Waals surface area contributed by atoms with E-state index >= 15 is 0 Å². The fourth-order valence-electron chi connectivity index (χ4n) is 5.05. The van der Waals surface area contributed by atoms with Gasteiger partial charge in [-0.15, -0.1) is 0 Å². The molecule has 2 aliphatic rings. The summed E-state index contributed by atoms with van der Waals surface area (Å²) in [5.74, 6) is 0.760. The number of piperidine rings is 1. The van der Waals surface area contributed by atoms with Gasteiger partial charge in [0.2, 0.25) is 0 Å². The highest BCUT2D eigenvalue weighted by Crippen LogP contribution is 2.37. The Kier molecular flexibility index (Phi) is 6.82. The van der Waals surface area contributed by atoms with Crippen molar-refractivity contribution in [3.8, 4) is 0 Å². The minimum atomic E-state index is -4.18. The quantitative estimate of drug-likeness (QED) is 0.660. The highest BCUT2D eigenvalue weighted by Gasteiger charge is 2.39. The van der Waals surface area contributed by atoms with E-state index in [4.69, 9.17) is 4.74 Å². The Hall–Kier alpha value is -2.72. The normalized spacial score (nSPS) is 22.6. The molecule has 2 saturated heterocycles. The molecule has 186 valence electrons. The van der Waals surface area contributed by atoms with E-state index in [1.165, 1.54) is 6.07 Å². The van der Waals surface area contributed by atoms with Crippen LogP contribution in [-0.4, -0.2) is 62.7 Å². The molecule has 1 N–H and O–H groups in total. The molecule has 34 heavy (non-hydrogen) atoms. The topological polar surface area (TPSA) is 105 Å². The zero-order valence-corrected chi connectivity index (χ0v) is 21.0. The Bertz CT molecular complexity index is 1160. The van der Waals surface area contributed by atoms with Crippen LogP contribution in [0.25, 0.3) is 0 Å². The lowest BCUT2D eigenvalue weighted by Gasteiger charge is -2.33. The summed E-state index contributed by atoms with van der Waals surface area (Å²) in [5, 5.41) is -0.196. The van der Waals surface area contributed by atoms with Crippen LogP contribution in [0.2, 0.25) is 0 Å². The minimum Gasteiger partial charge on any atom is -0.380 e. The van der Waals surface area contributed by atoms with Crippen LogP contribution in [0, 0.1) is 5.92 Å². The number of amides is 1. The number of sulfonamides is 1. The first kappa shape index (κ1) is 24.4. The van der Waals surface area contributed by atoms with E-state index in [1.807, 2.05) is 4.90 Å². The molecule has 4 heterocycles. The van der Waals surface area contributed by atoms with Crippen LogP contribution in [-0.2, 0) is 14.8 Å². The van der Waals surface area contributed by atoms with Gasteiger partial charge in [-0.3, -0.25) is 4.79 Å². The molecule has 1 amide bonds. The average Bonchev–Trinajstić information content (AvgIpc) is 3.10. The third-order valence-corrected chi connectivity index (χ3v) is 7.84. The largest absolute Gasteiger partial charge is 0.380 e. The second-order valence-corrected chi connectivity index (χ2v) is 11.5. The molecule has 2 unspecified atom stereocenters. The Labute approximate surface area is 203 Å². The van der Waals surface area contributed by atoms with Crippen molar-refractivity contribution < 1.29 is 19.4 Å². The maximum absolute atomic E-state index is 13.2. The molecule has 2 aromatic heterocycles. The van der Waals surface area contributed by atoms with Gasteiger partial charge in [0.25, 0.3) is 15.9 Å². The molecule has 0 aromatic carbocycles. The first-order chi connectivity index (χ1) is 16.1. The molecule has 2 atom stereocenters. The van der Waals surface area contributed by atoms with Crippen LogP contribution in [0.3, 0.4) is 0 Å². The Morgan fingerprint density at radius 3 is 2.74 bits per heavy atom. The van der Waals surface area contributed by atoms with Crippen molar-refractivity contribution in [1.29, 1.82) is 0 Å². The summed E-state index contributed by atoms with van der Waals surface area (Å²) < 4.78 is 33.9. The number of hydrogen-bond donors (Lipinski definition) is 1. The third kappa shape index (κ3) is 5.02. The molecular weight excluding hydrogens is 454 g/mol. The number of nitrogens with zero attached hydrogens (tertiary/aromatic N) is 4. The number of pyridine rings is 2. The Morgan fingerprint density at radius 2 is 2.03 bits per heavy atom. The number of methoxy groups -OCH3 is 1. The monoisotopic (exact) mass is 489 g/mol. The lowest BCUT2D eigenvalue weighted by molar-refractivity contribution is 0.0891. The molecule has 10 heteroatoms. The standard InChI is InChI=1S/C24H33N5O4S.H2/c1-17-14-24(2,3)29(15-17)22-19(9-6-12-25-22)23(30)27-34(31,32)21-11-5-10-20(26-21)28-13-7-8-18(16-28)33-4;/h5-6,9-12,17-18H,7-8,13-16H2,1-4H3,(H,27,30);1H. The van der Waals surface area contributed by atoms with Gasteiger partial charge in [0.15, 0.2) is 5.03 Å². The second kappa shape index (κ2) is 9.50. The molecular formula is C24H35N5O4S. The lowest BCUT2D eigenvalue weighted by Crippen LogP contribution is -2.41. The van der Waals surface area contributed by atoms with Crippen molar-refractivity contribution in [2.75, 3.05) is 36.5 Å². The Balaban J connectivity index is 0.00000342. The van der Waals surface area contributed by atoms with Crippen LogP contribution in [0.4, 0.5) is 11.6 Å². The van der Waals surface area contributed by atoms with E-state index in [0.717, 1.165) is 32.4 Å². The van der Waals surface area contributed by atoms with Gasteiger partial charge in [0.05, 0.1) is 11.7 Å². The van der Waals surface area contributed by atoms with Crippen LogP contribution in [0.5, 0.6) is 0 Å². The summed E-state index contributed by atoms with van der Waals surface area (Å²) in [6.07, 6.45) is 4.55. The van der Waals surface area contributed by atoms with Crippen molar-refractivity contribution in [3.05, 3.63) is 42.1 Å². The fourth-order valence-corrected chi connectivity index (χ4v) is 5.98. The number of nitrogens with one attached hydrogen (secondary N) is 1. The molecule has 2 aromatic rings. The van der Waals surface area contributed by atoms with Crippen LogP contribution in [0.1, 0.15) is 51.8 Å². The van der Waals surface area contributed by atoms with Gasteiger partial charge < -0.3 is 14.5 Å². The van der Waals surface area contributed by atoms with Gasteiger partial charge >= 0.3 is 0 Å². The molecule has 2 aliphatic heterocycles. The average molecular weight is 490 g/mol. The summed E-state index contributed by atoms with van der Waals surface area (Å²) in [6.45, 7) is 8.53. The number of carbonyl (C=O) groups is 1. The van der Waals surface area contributed by atoms with E-state index in [2.05, 4.69) is 40.4 Å². The first-order valence-corrected chi connectivity index (χ1v) is 13.1. The summed E-state index contributed by atoms with van der Waals surface area (Å²) in [7, 11) is -2.51.